The maximum Gasteiger partial charge on any atom is 0.191 e. The van der Waals surface area contributed by atoms with Crippen LogP contribution in [0.5, 0.6) is 0 Å². The molecule has 5 nitrogen and oxygen atoms in total. The van der Waals surface area contributed by atoms with Gasteiger partial charge in [0.2, 0.25) is 0 Å². The number of ether oxygens (including phenoxy) is 2. The number of nitrogens with zero attached hydrogens (tertiary/aromatic N) is 1. The third kappa shape index (κ3) is 7.08. The molecule has 134 valence electrons. The van der Waals surface area contributed by atoms with Crippen molar-refractivity contribution in [1.82, 2.24) is 10.6 Å². The molecule has 0 radical (unpaired) electrons. The van der Waals surface area contributed by atoms with E-state index in [0.717, 1.165) is 58.1 Å². The van der Waals surface area contributed by atoms with Crippen LogP contribution in [0.25, 0.3) is 0 Å². The van der Waals surface area contributed by atoms with Crippen molar-refractivity contribution in [2.45, 2.75) is 76.9 Å². The van der Waals surface area contributed by atoms with Crippen LogP contribution in [0.15, 0.2) is 4.99 Å². The zero-order valence-corrected chi connectivity index (χ0v) is 15.0. The maximum absolute atomic E-state index is 5.96. The Balaban J connectivity index is 1.61. The highest BCUT2D eigenvalue weighted by atomic mass is 16.5. The Morgan fingerprint density at radius 3 is 2.74 bits per heavy atom. The summed E-state index contributed by atoms with van der Waals surface area (Å²) in [6.07, 6.45) is 10.3. The minimum absolute atomic E-state index is 0.0769. The van der Waals surface area contributed by atoms with Crippen molar-refractivity contribution in [3.8, 4) is 0 Å². The molecule has 1 unspecified atom stereocenters. The van der Waals surface area contributed by atoms with Gasteiger partial charge in [-0.1, -0.05) is 19.3 Å². The smallest absolute Gasteiger partial charge is 0.191 e. The van der Waals surface area contributed by atoms with Crippen molar-refractivity contribution >= 4 is 5.96 Å². The molecule has 0 amide bonds. The molecule has 0 aromatic rings. The Bertz CT molecular complexity index is 348. The fourth-order valence-corrected chi connectivity index (χ4v) is 3.31. The minimum atomic E-state index is -0.0769. The molecule has 2 fully saturated rings. The molecule has 1 saturated heterocycles. The van der Waals surface area contributed by atoms with Gasteiger partial charge in [-0.15, -0.1) is 0 Å². The molecule has 2 rings (SSSR count). The van der Waals surface area contributed by atoms with Gasteiger partial charge in [0.1, 0.15) is 0 Å². The van der Waals surface area contributed by atoms with E-state index in [1.807, 2.05) is 0 Å². The highest BCUT2D eigenvalue weighted by Gasteiger charge is 2.29. The van der Waals surface area contributed by atoms with Gasteiger partial charge in [-0.25, -0.2) is 0 Å². The van der Waals surface area contributed by atoms with Crippen LogP contribution < -0.4 is 10.6 Å². The Hall–Kier alpha value is -0.810. The lowest BCUT2D eigenvalue weighted by atomic mass is 9.98. The molecule has 5 heteroatoms. The molecular weight excluding hydrogens is 290 g/mol. The molecular formula is C18H35N3O2. The van der Waals surface area contributed by atoms with Gasteiger partial charge < -0.3 is 20.1 Å². The molecule has 0 aromatic heterocycles. The van der Waals surface area contributed by atoms with Crippen molar-refractivity contribution in [2.24, 2.45) is 4.99 Å². The van der Waals surface area contributed by atoms with E-state index in [0.29, 0.717) is 6.10 Å². The predicted molar refractivity (Wildman–Crippen MR) is 95.0 cm³/mol. The second-order valence-corrected chi connectivity index (χ2v) is 7.01. The molecule has 0 spiro atoms. The maximum atomic E-state index is 5.96. The zero-order valence-electron chi connectivity index (χ0n) is 15.0. The normalized spacial score (nSPS) is 26.4. The van der Waals surface area contributed by atoms with E-state index >= 15 is 0 Å². The van der Waals surface area contributed by atoms with Crippen molar-refractivity contribution in [3.05, 3.63) is 0 Å². The number of aliphatic imine (C=N–C) groups is 1. The first kappa shape index (κ1) is 18.5. The summed E-state index contributed by atoms with van der Waals surface area (Å²) in [5.74, 6) is 0.891. The minimum Gasteiger partial charge on any atom is -0.378 e. The van der Waals surface area contributed by atoms with Gasteiger partial charge in [-0.2, -0.15) is 0 Å². The third-order valence-electron chi connectivity index (χ3n) is 4.74. The Labute approximate surface area is 141 Å². The molecule has 1 heterocycles. The number of nitrogens with one attached hydrogen (secondary N) is 2. The molecule has 1 aliphatic heterocycles. The van der Waals surface area contributed by atoms with Crippen molar-refractivity contribution in [1.29, 1.82) is 0 Å². The average molecular weight is 325 g/mol. The van der Waals surface area contributed by atoms with Crippen LogP contribution in [0.3, 0.4) is 0 Å². The summed E-state index contributed by atoms with van der Waals surface area (Å²) >= 11 is 0. The Morgan fingerprint density at radius 2 is 2.04 bits per heavy atom. The summed E-state index contributed by atoms with van der Waals surface area (Å²) in [6.45, 7) is 8.47. The SMILES string of the molecule is CCNC(=NCC1(C)CCCO1)NCCCOC1CCCCC1. The number of guanidine groups is 1. The summed E-state index contributed by atoms with van der Waals surface area (Å²) in [5, 5.41) is 6.71. The van der Waals surface area contributed by atoms with Gasteiger partial charge in [0.05, 0.1) is 18.2 Å². The summed E-state index contributed by atoms with van der Waals surface area (Å²) in [4.78, 5) is 4.68. The molecule has 0 bridgehead atoms. The highest BCUT2D eigenvalue weighted by Crippen LogP contribution is 2.25. The number of hydrogen-bond acceptors (Lipinski definition) is 3. The van der Waals surface area contributed by atoms with Gasteiger partial charge >= 0.3 is 0 Å². The predicted octanol–water partition coefficient (Wildman–Crippen LogP) is 2.85. The van der Waals surface area contributed by atoms with Crippen molar-refractivity contribution in [3.63, 3.8) is 0 Å². The summed E-state index contributed by atoms with van der Waals surface area (Å²) in [5.41, 5.74) is -0.0769. The first-order chi connectivity index (χ1) is 11.2. The van der Waals surface area contributed by atoms with E-state index in [2.05, 4.69) is 29.5 Å². The lowest BCUT2D eigenvalue weighted by molar-refractivity contribution is 0.0272. The lowest BCUT2D eigenvalue weighted by Crippen LogP contribution is -2.40. The van der Waals surface area contributed by atoms with Gasteiger partial charge in [-0.3, -0.25) is 4.99 Å². The third-order valence-corrected chi connectivity index (χ3v) is 4.74. The standard InChI is InChI=1S/C18H35N3O2/c1-3-19-17(21-15-18(2)11-7-14-23-18)20-12-8-13-22-16-9-5-4-6-10-16/h16H,3-15H2,1-2H3,(H2,19,20,21). The quantitative estimate of drug-likeness (QED) is 0.409. The van der Waals surface area contributed by atoms with E-state index in [-0.39, 0.29) is 5.60 Å². The van der Waals surface area contributed by atoms with E-state index < -0.39 is 0 Å². The lowest BCUT2D eigenvalue weighted by Gasteiger charge is -2.22. The molecule has 1 saturated carbocycles. The van der Waals surface area contributed by atoms with E-state index in [1.54, 1.807) is 0 Å². The molecule has 2 aliphatic rings. The van der Waals surface area contributed by atoms with Crippen LogP contribution in [0.2, 0.25) is 0 Å². The summed E-state index contributed by atoms with van der Waals surface area (Å²) in [6, 6.07) is 0. The highest BCUT2D eigenvalue weighted by molar-refractivity contribution is 5.79. The second-order valence-electron chi connectivity index (χ2n) is 7.01. The summed E-state index contributed by atoms with van der Waals surface area (Å²) < 4.78 is 11.8. The van der Waals surface area contributed by atoms with Crippen LogP contribution in [0, 0.1) is 0 Å². The fraction of sp³-hybridized carbons (Fsp3) is 0.944. The monoisotopic (exact) mass is 325 g/mol. The second kappa shape index (κ2) is 10.1. The van der Waals surface area contributed by atoms with E-state index in [4.69, 9.17) is 9.47 Å². The topological polar surface area (TPSA) is 54.9 Å². The van der Waals surface area contributed by atoms with Crippen molar-refractivity contribution in [2.75, 3.05) is 32.8 Å². The van der Waals surface area contributed by atoms with Crippen LogP contribution >= 0.6 is 0 Å². The van der Waals surface area contributed by atoms with Gasteiger partial charge in [0.25, 0.3) is 0 Å². The molecule has 1 aliphatic carbocycles. The van der Waals surface area contributed by atoms with Crippen LogP contribution in [0.1, 0.15) is 65.2 Å². The van der Waals surface area contributed by atoms with Crippen LogP contribution in [-0.2, 0) is 9.47 Å². The van der Waals surface area contributed by atoms with Crippen LogP contribution in [0.4, 0.5) is 0 Å². The number of hydrogen-bond donors (Lipinski definition) is 2. The van der Waals surface area contributed by atoms with Gasteiger partial charge in [0.15, 0.2) is 5.96 Å². The first-order valence-electron chi connectivity index (χ1n) is 9.49. The van der Waals surface area contributed by atoms with E-state index in [1.165, 1.54) is 32.1 Å². The number of rotatable bonds is 8. The molecule has 2 N–H and O–H groups in total. The molecule has 1 atom stereocenters. The Kier molecular flexibility index (Phi) is 8.17. The van der Waals surface area contributed by atoms with Crippen molar-refractivity contribution < 1.29 is 9.47 Å². The van der Waals surface area contributed by atoms with Gasteiger partial charge in [-0.05, 0) is 46.0 Å². The Morgan fingerprint density at radius 1 is 1.22 bits per heavy atom. The fourth-order valence-electron chi connectivity index (χ4n) is 3.31. The van der Waals surface area contributed by atoms with E-state index in [9.17, 15) is 0 Å². The molecule has 23 heavy (non-hydrogen) atoms. The zero-order chi connectivity index (χ0) is 16.4. The largest absolute Gasteiger partial charge is 0.378 e. The molecule has 0 aromatic carbocycles. The van der Waals surface area contributed by atoms with Crippen LogP contribution in [-0.4, -0.2) is 50.5 Å². The summed E-state index contributed by atoms with van der Waals surface area (Å²) in [7, 11) is 0. The van der Waals surface area contributed by atoms with Gasteiger partial charge in [0, 0.05) is 26.3 Å². The average Bonchev–Trinajstić information content (AvgIpc) is 3.00. The first-order valence-corrected chi connectivity index (χ1v) is 9.49.